The summed E-state index contributed by atoms with van der Waals surface area (Å²) in [5, 5.41) is 5.66. The van der Waals surface area contributed by atoms with Crippen molar-refractivity contribution in [1.82, 2.24) is 19.7 Å². The van der Waals surface area contributed by atoms with E-state index in [2.05, 4.69) is 28.1 Å². The second-order valence-electron chi connectivity index (χ2n) is 5.55. The van der Waals surface area contributed by atoms with Crippen molar-refractivity contribution in [2.75, 3.05) is 7.11 Å². The Kier molecular flexibility index (Phi) is 4.53. The number of methoxy groups -OCH3 is 1. The average molecular weight is 342 g/mol. The Morgan fingerprint density at radius 3 is 2.79 bits per heavy atom. The second-order valence-corrected chi connectivity index (χ2v) is 6.88. The molecule has 0 amide bonds. The predicted molar refractivity (Wildman–Crippen MR) is 93.5 cm³/mol. The van der Waals surface area contributed by atoms with Crippen LogP contribution in [0.15, 0.2) is 35.7 Å². The lowest BCUT2D eigenvalue weighted by Gasteiger charge is -2.09. The van der Waals surface area contributed by atoms with E-state index in [4.69, 9.17) is 4.74 Å². The summed E-state index contributed by atoms with van der Waals surface area (Å²) in [6, 6.07) is 6.19. The van der Waals surface area contributed by atoms with Gasteiger partial charge in [-0.05, 0) is 32.4 Å². The van der Waals surface area contributed by atoms with Gasteiger partial charge in [-0.1, -0.05) is 29.5 Å². The maximum absolute atomic E-state index is 11.6. The fourth-order valence-corrected chi connectivity index (χ4v) is 3.42. The summed E-state index contributed by atoms with van der Waals surface area (Å²) in [6.45, 7) is 5.90. The summed E-state index contributed by atoms with van der Waals surface area (Å²) in [6.07, 6.45) is 3.23. The first-order chi connectivity index (χ1) is 11.5. The minimum atomic E-state index is -0.349. The molecule has 2 aromatic heterocycles. The fraction of sp³-hybridized carbons (Fsp3) is 0.294. The monoisotopic (exact) mass is 342 g/mol. The molecule has 1 aromatic carbocycles. The Morgan fingerprint density at radius 1 is 1.29 bits per heavy atom. The van der Waals surface area contributed by atoms with Crippen LogP contribution in [0.3, 0.4) is 0 Å². The lowest BCUT2D eigenvalue weighted by molar-refractivity contribution is -0.139. The van der Waals surface area contributed by atoms with Gasteiger partial charge in [0.25, 0.3) is 0 Å². The number of ether oxygens (including phenoxy) is 1. The van der Waals surface area contributed by atoms with Crippen molar-refractivity contribution in [2.24, 2.45) is 0 Å². The molecule has 124 valence electrons. The third-order valence-electron chi connectivity index (χ3n) is 3.73. The average Bonchev–Trinajstić information content (AvgIpc) is 2.99. The van der Waals surface area contributed by atoms with E-state index in [1.165, 1.54) is 30.8 Å². The molecule has 0 radical (unpaired) electrons. The number of benzene rings is 1. The van der Waals surface area contributed by atoms with Crippen molar-refractivity contribution in [3.8, 4) is 5.69 Å². The first-order valence-corrected chi connectivity index (χ1v) is 8.40. The van der Waals surface area contributed by atoms with Crippen molar-refractivity contribution in [2.45, 2.75) is 31.0 Å². The van der Waals surface area contributed by atoms with Crippen LogP contribution in [-0.4, -0.2) is 38.1 Å². The molecule has 0 spiro atoms. The third kappa shape index (κ3) is 2.99. The highest BCUT2D eigenvalue weighted by Crippen LogP contribution is 2.29. The van der Waals surface area contributed by atoms with Crippen molar-refractivity contribution in [1.29, 1.82) is 0 Å². The third-order valence-corrected chi connectivity index (χ3v) is 4.83. The number of aryl methyl sites for hydroxylation is 2. The molecule has 3 aromatic rings. The topological polar surface area (TPSA) is 69.9 Å². The summed E-state index contributed by atoms with van der Waals surface area (Å²) in [7, 11) is 1.38. The maximum Gasteiger partial charge on any atom is 0.318 e. The minimum Gasteiger partial charge on any atom is -0.468 e. The van der Waals surface area contributed by atoms with Crippen LogP contribution < -0.4 is 0 Å². The Morgan fingerprint density at radius 2 is 2.08 bits per heavy atom. The van der Waals surface area contributed by atoms with E-state index in [0.717, 1.165) is 22.3 Å². The SMILES string of the molecule is COC(=O)C(C)Sc1ncnc2c1cnn2-c1ccc(C)cc1C. The number of hydrogen-bond acceptors (Lipinski definition) is 6. The van der Waals surface area contributed by atoms with Gasteiger partial charge in [0.2, 0.25) is 0 Å². The molecule has 0 bridgehead atoms. The van der Waals surface area contributed by atoms with E-state index in [1.54, 1.807) is 17.8 Å². The van der Waals surface area contributed by atoms with Crippen molar-refractivity contribution in [3.63, 3.8) is 0 Å². The van der Waals surface area contributed by atoms with Gasteiger partial charge in [-0.2, -0.15) is 5.10 Å². The van der Waals surface area contributed by atoms with Gasteiger partial charge < -0.3 is 4.74 Å². The molecule has 0 fully saturated rings. The van der Waals surface area contributed by atoms with Crippen molar-refractivity contribution < 1.29 is 9.53 Å². The van der Waals surface area contributed by atoms with Crippen LogP contribution in [0.25, 0.3) is 16.7 Å². The Bertz CT molecular complexity index is 907. The zero-order valence-corrected chi connectivity index (χ0v) is 14.8. The number of carbonyl (C=O) groups excluding carboxylic acids is 1. The summed E-state index contributed by atoms with van der Waals surface area (Å²) in [5.41, 5.74) is 4.02. The van der Waals surface area contributed by atoms with E-state index in [-0.39, 0.29) is 11.2 Å². The number of thioether (sulfide) groups is 1. The van der Waals surface area contributed by atoms with Crippen LogP contribution >= 0.6 is 11.8 Å². The van der Waals surface area contributed by atoms with Gasteiger partial charge in [-0.25, -0.2) is 14.6 Å². The molecule has 0 aliphatic heterocycles. The van der Waals surface area contributed by atoms with Gasteiger partial charge in [0.1, 0.15) is 16.6 Å². The molecule has 7 heteroatoms. The number of rotatable bonds is 4. The summed E-state index contributed by atoms with van der Waals surface area (Å²) >= 11 is 1.34. The van der Waals surface area contributed by atoms with Crippen LogP contribution in [0.4, 0.5) is 0 Å². The van der Waals surface area contributed by atoms with Crippen LogP contribution in [0.2, 0.25) is 0 Å². The molecule has 2 heterocycles. The van der Waals surface area contributed by atoms with Crippen molar-refractivity contribution >= 4 is 28.8 Å². The van der Waals surface area contributed by atoms with Crippen LogP contribution in [0, 0.1) is 13.8 Å². The van der Waals surface area contributed by atoms with Crippen LogP contribution in [-0.2, 0) is 9.53 Å². The van der Waals surface area contributed by atoms with E-state index >= 15 is 0 Å². The fourth-order valence-electron chi connectivity index (χ4n) is 2.52. The summed E-state index contributed by atoms with van der Waals surface area (Å²) in [5.74, 6) is -0.284. The van der Waals surface area contributed by atoms with E-state index in [0.29, 0.717) is 5.03 Å². The van der Waals surface area contributed by atoms with Crippen LogP contribution in [0.5, 0.6) is 0 Å². The minimum absolute atomic E-state index is 0.284. The highest BCUT2D eigenvalue weighted by atomic mass is 32.2. The molecule has 3 rings (SSSR count). The van der Waals surface area contributed by atoms with Gasteiger partial charge >= 0.3 is 5.97 Å². The number of aromatic nitrogens is 4. The largest absolute Gasteiger partial charge is 0.468 e. The smallest absolute Gasteiger partial charge is 0.318 e. The standard InChI is InChI=1S/C17H18N4O2S/c1-10-5-6-14(11(2)7-10)21-15-13(8-20-21)16(19-9-18-15)24-12(3)17(22)23-4/h5-9,12H,1-4H3. The number of fused-ring (bicyclic) bond motifs is 1. The zero-order valence-electron chi connectivity index (χ0n) is 14.0. The lowest BCUT2D eigenvalue weighted by atomic mass is 10.1. The van der Waals surface area contributed by atoms with Crippen molar-refractivity contribution in [3.05, 3.63) is 41.9 Å². The normalized spacial score (nSPS) is 12.3. The first kappa shape index (κ1) is 16.4. The van der Waals surface area contributed by atoms with Crippen LogP contribution in [0.1, 0.15) is 18.1 Å². The van der Waals surface area contributed by atoms with E-state index in [1.807, 2.05) is 19.1 Å². The highest BCUT2D eigenvalue weighted by molar-refractivity contribution is 8.00. The van der Waals surface area contributed by atoms with Gasteiger partial charge in [0.15, 0.2) is 5.65 Å². The molecule has 0 saturated carbocycles. The molecule has 1 atom stereocenters. The second kappa shape index (κ2) is 6.60. The number of nitrogens with zero attached hydrogens (tertiary/aromatic N) is 4. The maximum atomic E-state index is 11.6. The number of esters is 1. The number of carbonyl (C=O) groups is 1. The first-order valence-electron chi connectivity index (χ1n) is 7.52. The molecule has 0 saturated heterocycles. The van der Waals surface area contributed by atoms with Gasteiger partial charge in [0, 0.05) is 0 Å². The van der Waals surface area contributed by atoms with E-state index in [9.17, 15) is 4.79 Å². The highest BCUT2D eigenvalue weighted by Gasteiger charge is 2.19. The molecular weight excluding hydrogens is 324 g/mol. The summed E-state index contributed by atoms with van der Waals surface area (Å²) in [4.78, 5) is 20.3. The lowest BCUT2D eigenvalue weighted by Crippen LogP contribution is -2.14. The molecule has 0 aliphatic rings. The molecule has 0 N–H and O–H groups in total. The van der Waals surface area contributed by atoms with Gasteiger partial charge in [-0.15, -0.1) is 0 Å². The van der Waals surface area contributed by atoms with Gasteiger partial charge in [0.05, 0.1) is 24.4 Å². The number of hydrogen-bond donors (Lipinski definition) is 0. The Hall–Kier alpha value is -2.41. The quantitative estimate of drug-likeness (QED) is 0.412. The van der Waals surface area contributed by atoms with Gasteiger partial charge in [-0.3, -0.25) is 4.79 Å². The zero-order chi connectivity index (χ0) is 17.3. The Balaban J connectivity index is 2.05. The van der Waals surface area contributed by atoms with E-state index < -0.39 is 0 Å². The Labute approximate surface area is 144 Å². The predicted octanol–water partition coefficient (Wildman–Crippen LogP) is 3.09. The molecule has 0 aliphatic carbocycles. The molecular formula is C17H18N4O2S. The molecule has 1 unspecified atom stereocenters. The molecule has 24 heavy (non-hydrogen) atoms. The molecule has 6 nitrogen and oxygen atoms in total. The summed E-state index contributed by atoms with van der Waals surface area (Å²) < 4.78 is 6.58.